The number of nitrogens with one attached hydrogen (secondary N) is 1. The Hall–Kier alpha value is -1.66. The van der Waals surface area contributed by atoms with Crippen molar-refractivity contribution in [3.8, 4) is 0 Å². The summed E-state index contributed by atoms with van der Waals surface area (Å²) < 4.78 is 26.3. The molecule has 1 aromatic carbocycles. The quantitative estimate of drug-likeness (QED) is 0.822. The first-order valence-corrected chi connectivity index (χ1v) is 10.1. The molecule has 0 spiro atoms. The van der Waals surface area contributed by atoms with E-state index in [0.29, 0.717) is 5.92 Å². The van der Waals surface area contributed by atoms with Crippen LogP contribution in [0.3, 0.4) is 0 Å². The van der Waals surface area contributed by atoms with Crippen molar-refractivity contribution in [2.45, 2.75) is 32.6 Å². The van der Waals surface area contributed by atoms with Crippen LogP contribution in [0.2, 0.25) is 0 Å². The van der Waals surface area contributed by atoms with Crippen LogP contribution in [0.1, 0.15) is 38.2 Å². The summed E-state index contributed by atoms with van der Waals surface area (Å²) >= 11 is 0. The number of likely N-dealkylation sites (tertiary alicyclic amines) is 1. The summed E-state index contributed by atoms with van der Waals surface area (Å²) in [5, 5.41) is 1.14. The number of piperidine rings is 1. The molecule has 1 amide bonds. The molecule has 1 N–H and O–H groups in total. The van der Waals surface area contributed by atoms with Crippen LogP contribution in [0.5, 0.6) is 0 Å². The second-order valence-corrected chi connectivity index (χ2v) is 7.81. The van der Waals surface area contributed by atoms with Crippen molar-refractivity contribution in [2.75, 3.05) is 19.6 Å². The number of amides is 1. The van der Waals surface area contributed by atoms with Gasteiger partial charge in [0.1, 0.15) is 0 Å². The van der Waals surface area contributed by atoms with E-state index in [1.54, 1.807) is 6.08 Å². The number of sulfonamides is 1. The maximum Gasteiger partial charge on any atom is 0.233 e. The molecule has 0 radical (unpaired) electrons. The Balaban J connectivity index is 1.78. The van der Waals surface area contributed by atoms with Gasteiger partial charge in [-0.1, -0.05) is 43.7 Å². The highest BCUT2D eigenvalue weighted by Gasteiger charge is 2.22. The molecule has 1 aliphatic rings. The summed E-state index contributed by atoms with van der Waals surface area (Å²) in [6.45, 7) is 3.87. The van der Waals surface area contributed by atoms with Gasteiger partial charge >= 0.3 is 0 Å². The van der Waals surface area contributed by atoms with Crippen molar-refractivity contribution in [1.82, 2.24) is 9.62 Å². The molecule has 6 heteroatoms. The van der Waals surface area contributed by atoms with Gasteiger partial charge in [0.05, 0.1) is 0 Å². The topological polar surface area (TPSA) is 66.5 Å². The average Bonchev–Trinajstić information content (AvgIpc) is 2.61. The number of benzene rings is 1. The lowest BCUT2D eigenvalue weighted by Crippen LogP contribution is -2.41. The van der Waals surface area contributed by atoms with E-state index >= 15 is 0 Å². The molecule has 0 bridgehead atoms. The van der Waals surface area contributed by atoms with Gasteiger partial charge in [0.2, 0.25) is 15.9 Å². The van der Waals surface area contributed by atoms with Gasteiger partial charge in [0.15, 0.2) is 0 Å². The summed E-state index contributed by atoms with van der Waals surface area (Å²) in [5.41, 5.74) is 0.817. The second kappa shape index (κ2) is 8.99. The molecule has 1 fully saturated rings. The van der Waals surface area contributed by atoms with E-state index in [-0.39, 0.29) is 18.9 Å². The van der Waals surface area contributed by atoms with Crippen LogP contribution in [-0.2, 0) is 14.8 Å². The number of carbonyl (C=O) groups excluding carboxylic acids is 1. The minimum absolute atomic E-state index is 0.0305. The summed E-state index contributed by atoms with van der Waals surface area (Å²) in [6.07, 6.45) is 5.04. The Bertz CT molecular complexity index is 656. The number of nitrogens with zero attached hydrogens (tertiary/aromatic N) is 1. The molecule has 0 aromatic heterocycles. The number of carbonyl (C=O) groups is 1. The highest BCUT2D eigenvalue weighted by atomic mass is 32.2. The van der Waals surface area contributed by atoms with E-state index < -0.39 is 10.0 Å². The zero-order valence-electron chi connectivity index (χ0n) is 14.1. The van der Waals surface area contributed by atoms with Gasteiger partial charge < -0.3 is 4.90 Å². The lowest BCUT2D eigenvalue weighted by Gasteiger charge is -2.32. The maximum absolute atomic E-state index is 12.2. The average molecular weight is 350 g/mol. The molecular formula is C18H26N2O3S. The molecule has 0 saturated carbocycles. The first-order chi connectivity index (χ1) is 11.5. The molecule has 1 heterocycles. The van der Waals surface area contributed by atoms with Crippen molar-refractivity contribution in [3.63, 3.8) is 0 Å². The maximum atomic E-state index is 12.2. The molecule has 1 saturated heterocycles. The summed E-state index contributed by atoms with van der Waals surface area (Å²) in [6, 6.07) is 9.23. The Morgan fingerprint density at radius 1 is 1.33 bits per heavy atom. The fourth-order valence-electron chi connectivity index (χ4n) is 2.86. The van der Waals surface area contributed by atoms with E-state index in [9.17, 15) is 13.2 Å². The monoisotopic (exact) mass is 350 g/mol. The van der Waals surface area contributed by atoms with Crippen LogP contribution >= 0.6 is 0 Å². The fraction of sp³-hybridized carbons (Fsp3) is 0.500. The van der Waals surface area contributed by atoms with Gasteiger partial charge in [-0.3, -0.25) is 4.79 Å². The first-order valence-electron chi connectivity index (χ1n) is 8.50. The highest BCUT2D eigenvalue weighted by molar-refractivity contribution is 7.92. The van der Waals surface area contributed by atoms with Gasteiger partial charge in [-0.2, -0.15) is 0 Å². The predicted molar refractivity (Wildman–Crippen MR) is 96.6 cm³/mol. The van der Waals surface area contributed by atoms with Crippen molar-refractivity contribution < 1.29 is 13.2 Å². The zero-order valence-corrected chi connectivity index (χ0v) is 15.0. The normalized spacial score (nSPS) is 18.9. The minimum Gasteiger partial charge on any atom is -0.342 e. The van der Waals surface area contributed by atoms with Gasteiger partial charge in [-0.15, -0.1) is 0 Å². The second-order valence-electron chi connectivity index (χ2n) is 6.16. The Morgan fingerprint density at radius 2 is 2.08 bits per heavy atom. The summed E-state index contributed by atoms with van der Waals surface area (Å²) in [5.74, 6) is 0.607. The van der Waals surface area contributed by atoms with Crippen LogP contribution < -0.4 is 4.72 Å². The molecule has 0 aliphatic carbocycles. The zero-order chi connectivity index (χ0) is 17.4. The lowest BCUT2D eigenvalue weighted by molar-refractivity contribution is -0.132. The number of hydrogen-bond acceptors (Lipinski definition) is 3. The highest BCUT2D eigenvalue weighted by Crippen LogP contribution is 2.19. The lowest BCUT2D eigenvalue weighted by atomic mass is 9.95. The SMILES string of the molecule is CCC1CCCN(C(=O)CCNS(=O)(=O)/C=C/c2ccccc2)C1. The molecule has 1 aliphatic heterocycles. The van der Waals surface area contributed by atoms with E-state index in [1.807, 2.05) is 35.2 Å². The summed E-state index contributed by atoms with van der Waals surface area (Å²) in [4.78, 5) is 14.1. The van der Waals surface area contributed by atoms with E-state index in [0.717, 1.165) is 36.9 Å². The minimum atomic E-state index is -3.52. The molecule has 1 unspecified atom stereocenters. The van der Waals surface area contributed by atoms with Crippen LogP contribution in [0.4, 0.5) is 0 Å². The van der Waals surface area contributed by atoms with Crippen LogP contribution in [-0.4, -0.2) is 38.9 Å². The first kappa shape index (κ1) is 18.7. The largest absolute Gasteiger partial charge is 0.342 e. The van der Waals surface area contributed by atoms with Crippen LogP contribution in [0.25, 0.3) is 6.08 Å². The number of hydrogen-bond donors (Lipinski definition) is 1. The van der Waals surface area contributed by atoms with Gasteiger partial charge in [-0.25, -0.2) is 13.1 Å². The third-order valence-electron chi connectivity index (χ3n) is 4.33. The molecule has 2 rings (SSSR count). The van der Waals surface area contributed by atoms with Crippen LogP contribution in [0.15, 0.2) is 35.7 Å². The standard InChI is InChI=1S/C18H26N2O3S/c1-2-16-9-6-13-20(15-16)18(21)10-12-19-24(22,23)14-11-17-7-4-3-5-8-17/h3-5,7-8,11,14,16,19H,2,6,9-10,12-13,15H2,1H3/b14-11+. The molecule has 132 valence electrons. The van der Waals surface area contributed by atoms with E-state index in [1.165, 1.54) is 6.42 Å². The van der Waals surface area contributed by atoms with Gasteiger partial charge in [0, 0.05) is 31.5 Å². The van der Waals surface area contributed by atoms with Gasteiger partial charge in [0.25, 0.3) is 0 Å². The summed E-state index contributed by atoms with van der Waals surface area (Å²) in [7, 11) is -3.52. The Morgan fingerprint density at radius 3 is 2.79 bits per heavy atom. The van der Waals surface area contributed by atoms with E-state index in [4.69, 9.17) is 0 Å². The number of rotatable bonds is 7. The van der Waals surface area contributed by atoms with Gasteiger partial charge in [-0.05, 0) is 30.4 Å². The molecule has 1 atom stereocenters. The van der Waals surface area contributed by atoms with Crippen LogP contribution in [0, 0.1) is 5.92 Å². The predicted octanol–water partition coefficient (Wildman–Crippen LogP) is 2.62. The van der Waals surface area contributed by atoms with Crippen molar-refractivity contribution in [3.05, 3.63) is 41.3 Å². The third kappa shape index (κ3) is 6.09. The molecule has 24 heavy (non-hydrogen) atoms. The smallest absolute Gasteiger partial charge is 0.233 e. The molecule has 1 aromatic rings. The third-order valence-corrected chi connectivity index (χ3v) is 5.43. The fourth-order valence-corrected chi connectivity index (χ4v) is 3.68. The molecular weight excluding hydrogens is 324 g/mol. The Kier molecular flexibility index (Phi) is 6.99. The van der Waals surface area contributed by atoms with Crippen molar-refractivity contribution in [2.24, 2.45) is 5.92 Å². The van der Waals surface area contributed by atoms with E-state index in [2.05, 4.69) is 11.6 Å². The Labute approximate surface area is 144 Å². The molecule has 5 nitrogen and oxygen atoms in total. The van der Waals surface area contributed by atoms with Crippen molar-refractivity contribution in [1.29, 1.82) is 0 Å². The van der Waals surface area contributed by atoms with Crippen molar-refractivity contribution >= 4 is 22.0 Å².